The van der Waals surface area contributed by atoms with Crippen molar-refractivity contribution in [1.29, 1.82) is 0 Å². The van der Waals surface area contributed by atoms with E-state index in [0.717, 1.165) is 34.4 Å². The molecule has 3 rings (SSSR count). The maximum atomic E-state index is 12.1. The van der Waals surface area contributed by atoms with Crippen LogP contribution in [0.1, 0.15) is 36.8 Å². The fourth-order valence-electron chi connectivity index (χ4n) is 3.46. The second-order valence-corrected chi connectivity index (χ2v) is 7.45. The first-order valence-corrected chi connectivity index (χ1v) is 11.0. The van der Waals surface area contributed by atoms with Crippen molar-refractivity contribution >= 4 is 5.97 Å². The summed E-state index contributed by atoms with van der Waals surface area (Å²) >= 11 is 0. The van der Waals surface area contributed by atoms with E-state index >= 15 is 0 Å². The van der Waals surface area contributed by atoms with Crippen LogP contribution in [0.5, 0.6) is 5.75 Å². The predicted octanol–water partition coefficient (Wildman–Crippen LogP) is 4.37. The Hall–Kier alpha value is -3.54. The van der Waals surface area contributed by atoms with Crippen LogP contribution in [0.25, 0.3) is 0 Å². The minimum atomic E-state index is -0.172. The summed E-state index contributed by atoms with van der Waals surface area (Å²) in [5, 5.41) is 9.65. The molecule has 3 aromatic rings. The number of ether oxygens (including phenoxy) is 2. The van der Waals surface area contributed by atoms with Crippen molar-refractivity contribution in [1.82, 2.24) is 4.73 Å². The monoisotopic (exact) mass is 434 g/mol. The van der Waals surface area contributed by atoms with E-state index in [9.17, 15) is 10.0 Å². The van der Waals surface area contributed by atoms with Gasteiger partial charge in [-0.2, -0.15) is 4.73 Å². The number of carbonyl (C=O) groups excluding carboxylic acids is 1. The Morgan fingerprint density at radius 2 is 1.78 bits per heavy atom. The molecule has 1 atom stereocenters. The number of aromatic nitrogens is 1. The van der Waals surface area contributed by atoms with Gasteiger partial charge in [0.1, 0.15) is 5.75 Å². The van der Waals surface area contributed by atoms with Crippen LogP contribution >= 0.6 is 0 Å². The number of hydrogen-bond acceptors (Lipinski definition) is 5. The van der Waals surface area contributed by atoms with Gasteiger partial charge in [0.05, 0.1) is 19.6 Å². The summed E-state index contributed by atoms with van der Waals surface area (Å²) in [6.07, 6.45) is 3.40. The summed E-state index contributed by atoms with van der Waals surface area (Å²) in [6.45, 7) is 3.32. The van der Waals surface area contributed by atoms with E-state index in [1.807, 2.05) is 55.5 Å². The summed E-state index contributed by atoms with van der Waals surface area (Å²) in [4.78, 5) is 16.4. The first kappa shape index (κ1) is 23.1. The number of benzene rings is 2. The van der Waals surface area contributed by atoms with Crippen molar-refractivity contribution in [3.8, 4) is 5.75 Å². The van der Waals surface area contributed by atoms with Gasteiger partial charge in [-0.3, -0.25) is 9.79 Å². The van der Waals surface area contributed by atoms with Crippen molar-refractivity contribution in [3.63, 3.8) is 0 Å². The van der Waals surface area contributed by atoms with Gasteiger partial charge in [0, 0.05) is 19.2 Å². The minimum absolute atomic E-state index is 0.0657. The van der Waals surface area contributed by atoms with Crippen molar-refractivity contribution in [2.24, 2.45) is 4.99 Å². The molecule has 6 heteroatoms. The van der Waals surface area contributed by atoms with Crippen molar-refractivity contribution in [2.75, 3.05) is 19.8 Å². The van der Waals surface area contributed by atoms with Crippen molar-refractivity contribution in [2.45, 2.75) is 32.1 Å². The van der Waals surface area contributed by atoms with Crippen LogP contribution in [0.15, 0.2) is 84.0 Å². The number of rotatable bonds is 11. The largest absolute Gasteiger partial charge is 0.494 e. The Bertz CT molecular complexity index is 1030. The predicted molar refractivity (Wildman–Crippen MR) is 123 cm³/mol. The smallest absolute Gasteiger partial charge is 0.306 e. The fraction of sp³-hybridized carbons (Fsp3) is 0.308. The van der Waals surface area contributed by atoms with E-state index in [-0.39, 0.29) is 11.9 Å². The molecule has 0 saturated heterocycles. The number of nitrogens with zero attached hydrogens (tertiary/aromatic N) is 2. The molecular formula is C26H30N2O4. The van der Waals surface area contributed by atoms with Gasteiger partial charge in [-0.1, -0.05) is 48.5 Å². The highest BCUT2D eigenvalue weighted by Crippen LogP contribution is 2.26. The van der Waals surface area contributed by atoms with Gasteiger partial charge >= 0.3 is 5.97 Å². The maximum absolute atomic E-state index is 12.1. The lowest BCUT2D eigenvalue weighted by Crippen LogP contribution is -2.17. The Morgan fingerprint density at radius 1 is 1.03 bits per heavy atom. The first-order valence-electron chi connectivity index (χ1n) is 11.0. The molecule has 0 aliphatic rings. The highest BCUT2D eigenvalue weighted by Gasteiger charge is 2.17. The lowest BCUT2D eigenvalue weighted by molar-refractivity contribution is -0.143. The van der Waals surface area contributed by atoms with Crippen LogP contribution in [-0.4, -0.2) is 35.7 Å². The minimum Gasteiger partial charge on any atom is -0.494 e. The van der Waals surface area contributed by atoms with E-state index in [1.54, 1.807) is 18.3 Å². The number of carbonyl (C=O) groups is 1. The third-order valence-electron chi connectivity index (χ3n) is 5.06. The molecule has 0 saturated carbocycles. The van der Waals surface area contributed by atoms with Gasteiger partial charge < -0.3 is 14.7 Å². The molecule has 32 heavy (non-hydrogen) atoms. The molecule has 0 spiro atoms. The zero-order valence-corrected chi connectivity index (χ0v) is 18.4. The molecule has 0 radical (unpaired) electrons. The van der Waals surface area contributed by atoms with E-state index in [1.165, 1.54) is 0 Å². The summed E-state index contributed by atoms with van der Waals surface area (Å²) in [5.74, 6) is 0.692. The normalized spacial score (nSPS) is 12.3. The molecule has 1 aromatic heterocycles. The zero-order chi connectivity index (χ0) is 22.6. The summed E-state index contributed by atoms with van der Waals surface area (Å²) in [6, 6.07) is 23.4. The average Bonchev–Trinajstić information content (AvgIpc) is 2.81. The number of hydrogen-bond donors (Lipinski definition) is 1. The van der Waals surface area contributed by atoms with Gasteiger partial charge in [-0.25, -0.2) is 0 Å². The fourth-order valence-corrected chi connectivity index (χ4v) is 3.46. The van der Waals surface area contributed by atoms with Gasteiger partial charge in [-0.15, -0.1) is 0 Å². The molecule has 0 bridgehead atoms. The van der Waals surface area contributed by atoms with Gasteiger partial charge in [-0.05, 0) is 54.7 Å². The molecule has 0 amide bonds. The summed E-state index contributed by atoms with van der Waals surface area (Å²) < 4.78 is 12.0. The van der Waals surface area contributed by atoms with Gasteiger partial charge in [0.2, 0.25) is 0 Å². The Kier molecular flexibility index (Phi) is 8.92. The number of pyridine rings is 1. The van der Waals surface area contributed by atoms with Gasteiger partial charge in [0.25, 0.3) is 0 Å². The molecule has 6 nitrogen and oxygen atoms in total. The van der Waals surface area contributed by atoms with Crippen LogP contribution in [0.3, 0.4) is 0 Å². The average molecular weight is 435 g/mol. The highest BCUT2D eigenvalue weighted by molar-refractivity contribution is 5.70. The zero-order valence-electron chi connectivity index (χ0n) is 18.4. The molecule has 2 aromatic carbocycles. The third kappa shape index (κ3) is 7.30. The molecule has 0 aliphatic carbocycles. The second kappa shape index (κ2) is 12.3. The molecule has 0 unspecified atom stereocenters. The van der Waals surface area contributed by atoms with E-state index in [2.05, 4.69) is 17.1 Å². The van der Waals surface area contributed by atoms with E-state index in [4.69, 9.17) is 9.47 Å². The maximum Gasteiger partial charge on any atom is 0.306 e. The van der Waals surface area contributed by atoms with Gasteiger partial charge in [0.15, 0.2) is 5.49 Å². The van der Waals surface area contributed by atoms with E-state index < -0.39 is 0 Å². The standard InChI is InChI=1S/C26H30N2O4/c1-2-31-26(29)20-23(22-9-4-3-5-10-22)19-21-12-14-24(15-13-21)32-18-8-16-27-25-11-6-7-17-28(25)30/h3-7,9-15,17,23,30H,2,8,16,18-20H2,1H3/t23-/m0/s1. The molecule has 1 N–H and O–H groups in total. The van der Waals surface area contributed by atoms with Crippen LogP contribution in [-0.2, 0) is 16.0 Å². The molecule has 0 fully saturated rings. The highest BCUT2D eigenvalue weighted by atomic mass is 16.5. The SMILES string of the molecule is CCOC(=O)C[C@H](Cc1ccc(OCCCN=c2ccccn2O)cc1)c1ccccc1. The van der Waals surface area contributed by atoms with Crippen LogP contribution in [0, 0.1) is 0 Å². The molecule has 0 aliphatic heterocycles. The van der Waals surface area contributed by atoms with E-state index in [0.29, 0.717) is 31.7 Å². The molecule has 168 valence electrons. The third-order valence-corrected chi connectivity index (χ3v) is 5.06. The summed E-state index contributed by atoms with van der Waals surface area (Å²) in [5.41, 5.74) is 2.79. The quantitative estimate of drug-likeness (QED) is 0.276. The molecule has 1 heterocycles. The van der Waals surface area contributed by atoms with Crippen LogP contribution < -0.4 is 10.2 Å². The Morgan fingerprint density at radius 3 is 2.50 bits per heavy atom. The lowest BCUT2D eigenvalue weighted by atomic mass is 9.89. The Balaban J connectivity index is 1.52. The Labute approximate surface area is 188 Å². The second-order valence-electron chi connectivity index (χ2n) is 7.45. The molecular weight excluding hydrogens is 404 g/mol. The van der Waals surface area contributed by atoms with Crippen molar-refractivity contribution in [3.05, 3.63) is 95.6 Å². The topological polar surface area (TPSA) is 73.0 Å². The van der Waals surface area contributed by atoms with Crippen LogP contribution in [0.2, 0.25) is 0 Å². The van der Waals surface area contributed by atoms with Crippen molar-refractivity contribution < 1.29 is 19.5 Å². The first-order chi connectivity index (χ1) is 15.7. The lowest BCUT2D eigenvalue weighted by Gasteiger charge is -2.17. The summed E-state index contributed by atoms with van der Waals surface area (Å²) in [7, 11) is 0. The number of esters is 1. The van der Waals surface area contributed by atoms with Crippen LogP contribution in [0.4, 0.5) is 0 Å².